The van der Waals surface area contributed by atoms with E-state index in [4.69, 9.17) is 37.2 Å². The highest BCUT2D eigenvalue weighted by molar-refractivity contribution is 6.42. The number of likely N-dealkylation sites (tertiary alicyclic amines) is 1. The molecule has 0 saturated carbocycles. The molecule has 1 aliphatic heterocycles. The molecule has 0 spiro atoms. The van der Waals surface area contributed by atoms with Crippen LogP contribution in [0.2, 0.25) is 10.0 Å². The average Bonchev–Trinajstić information content (AvgIpc) is 3.34. The first-order valence-electron chi connectivity index (χ1n) is 11.4. The lowest BCUT2D eigenvalue weighted by Gasteiger charge is -2.32. The number of nitrogens with one attached hydrogen (secondary N) is 1. The van der Waals surface area contributed by atoms with Crippen LogP contribution in [0.3, 0.4) is 0 Å². The fourth-order valence-corrected chi connectivity index (χ4v) is 4.71. The van der Waals surface area contributed by atoms with Gasteiger partial charge in [0, 0.05) is 24.8 Å². The van der Waals surface area contributed by atoms with E-state index in [0.717, 1.165) is 36.3 Å². The largest absolute Gasteiger partial charge is 0.349 e. The molecule has 9 nitrogen and oxygen atoms in total. The number of halogens is 2. The first-order chi connectivity index (χ1) is 17.0. The maximum absolute atomic E-state index is 6.20. The van der Waals surface area contributed by atoms with Gasteiger partial charge in [-0.25, -0.2) is 9.97 Å². The van der Waals surface area contributed by atoms with Crippen LogP contribution in [0.1, 0.15) is 48.3 Å². The zero-order valence-electron chi connectivity index (χ0n) is 19.5. The van der Waals surface area contributed by atoms with Crippen LogP contribution >= 0.6 is 23.2 Å². The fraction of sp³-hybridized carbons (Fsp3) is 0.417. The van der Waals surface area contributed by atoms with E-state index in [0.29, 0.717) is 34.0 Å². The highest BCUT2D eigenvalue weighted by atomic mass is 35.5. The Hall–Kier alpha value is -2.56. The highest BCUT2D eigenvalue weighted by Crippen LogP contribution is 2.35. The first kappa shape index (κ1) is 24.1. The van der Waals surface area contributed by atoms with Crippen molar-refractivity contribution in [2.24, 2.45) is 0 Å². The van der Waals surface area contributed by atoms with Gasteiger partial charge in [0.25, 0.3) is 0 Å². The molecule has 5 rings (SSSR count). The molecule has 1 saturated heterocycles. The van der Waals surface area contributed by atoms with E-state index in [9.17, 15) is 0 Å². The molecule has 1 fully saturated rings. The van der Waals surface area contributed by atoms with Gasteiger partial charge in [-0.3, -0.25) is 4.90 Å². The normalized spacial score (nSPS) is 22.2. The molecule has 0 radical (unpaired) electrons. The third-order valence-corrected chi connectivity index (χ3v) is 7.15. The second-order valence-corrected chi connectivity index (χ2v) is 9.51. The minimum Gasteiger partial charge on any atom is -0.349 e. The quantitative estimate of drug-likeness (QED) is 0.424. The number of rotatable bonds is 7. The summed E-state index contributed by atoms with van der Waals surface area (Å²) in [5.74, 6) is 0.704. The third-order valence-electron chi connectivity index (χ3n) is 6.41. The molecular formula is C24H26Cl2N6O3. The minimum atomic E-state index is -1.03. The summed E-state index contributed by atoms with van der Waals surface area (Å²) in [4.78, 5) is 15.7. The molecule has 35 heavy (non-hydrogen) atoms. The van der Waals surface area contributed by atoms with Crippen LogP contribution < -0.4 is 5.32 Å². The summed E-state index contributed by atoms with van der Waals surface area (Å²) in [5, 5.41) is 8.36. The van der Waals surface area contributed by atoms with Crippen molar-refractivity contribution in [2.75, 3.05) is 26.0 Å². The van der Waals surface area contributed by atoms with Crippen molar-refractivity contribution in [2.45, 2.75) is 44.1 Å². The number of aromatic nitrogens is 4. The molecule has 0 amide bonds. The second kappa shape index (κ2) is 10.2. The maximum Gasteiger partial charge on any atom is 0.244 e. The van der Waals surface area contributed by atoms with Crippen LogP contribution in [-0.4, -0.2) is 51.5 Å². The van der Waals surface area contributed by atoms with Crippen LogP contribution in [-0.2, 0) is 22.5 Å². The summed E-state index contributed by atoms with van der Waals surface area (Å²) in [6.07, 6.45) is 8.95. The van der Waals surface area contributed by atoms with Gasteiger partial charge >= 0.3 is 0 Å². The van der Waals surface area contributed by atoms with Gasteiger partial charge < -0.3 is 19.3 Å². The third kappa shape index (κ3) is 5.19. The predicted molar refractivity (Wildman–Crippen MR) is 133 cm³/mol. The maximum atomic E-state index is 6.20. The second-order valence-electron chi connectivity index (χ2n) is 8.70. The summed E-state index contributed by atoms with van der Waals surface area (Å²) in [6, 6.07) is 5.45. The summed E-state index contributed by atoms with van der Waals surface area (Å²) in [7, 11) is 3.68. The van der Waals surface area contributed by atoms with Crippen LogP contribution in [0.15, 0.2) is 35.1 Å². The Morgan fingerprint density at radius 1 is 1.23 bits per heavy atom. The summed E-state index contributed by atoms with van der Waals surface area (Å²) in [6.45, 7) is 1.16. The Morgan fingerprint density at radius 3 is 2.91 bits per heavy atom. The number of anilines is 2. The first-order valence-corrected chi connectivity index (χ1v) is 12.2. The van der Waals surface area contributed by atoms with Gasteiger partial charge in [-0.2, -0.15) is 4.98 Å². The molecule has 1 aliphatic carbocycles. The van der Waals surface area contributed by atoms with Crippen LogP contribution in [0, 0.1) is 0 Å². The number of hydrogen-bond donors (Lipinski definition) is 1. The molecule has 1 aromatic carbocycles. The summed E-state index contributed by atoms with van der Waals surface area (Å²) >= 11 is 12.2. The molecule has 2 aromatic heterocycles. The predicted octanol–water partition coefficient (Wildman–Crippen LogP) is 5.20. The van der Waals surface area contributed by atoms with Crippen molar-refractivity contribution < 1.29 is 14.0 Å². The van der Waals surface area contributed by atoms with Crippen LogP contribution in [0.4, 0.5) is 11.5 Å². The Kier molecular flexibility index (Phi) is 7.04. The number of hydrogen-bond acceptors (Lipinski definition) is 9. The number of ether oxygens (including phenoxy) is 2. The molecule has 2 aliphatic rings. The molecule has 0 bridgehead atoms. The summed E-state index contributed by atoms with van der Waals surface area (Å²) in [5.41, 5.74) is 2.38. The van der Waals surface area contributed by atoms with Crippen molar-refractivity contribution in [3.63, 3.8) is 0 Å². The standard InChI is InChI=1S/C24H26Cl2N6O3/c1-32-10-4-3-5-20(32)23-30-21(31-35-23)13-34-24(33-2)9-8-19-16(12-24)22(28-14-27-19)29-15-6-7-17(25)18(26)11-15/h6-9,11,14,20H,3-5,10,12-13H2,1-2H3,(H,27,28,29). The SMILES string of the molecule is COC1(OCc2noc(C3CCCCN3C)n2)C=Cc2ncnc(Nc3ccc(Cl)c(Cl)c3)c2C1. The molecule has 3 heterocycles. The average molecular weight is 517 g/mol. The number of fused-ring (bicyclic) bond motifs is 1. The Labute approximate surface area is 213 Å². The van der Waals surface area contributed by atoms with Gasteiger partial charge in [0.2, 0.25) is 5.89 Å². The Morgan fingerprint density at radius 2 is 2.11 bits per heavy atom. The zero-order valence-corrected chi connectivity index (χ0v) is 21.0. The lowest BCUT2D eigenvalue weighted by atomic mass is 9.97. The lowest BCUT2D eigenvalue weighted by Crippen LogP contribution is -2.37. The molecular weight excluding hydrogens is 491 g/mol. The molecule has 2 atom stereocenters. The van der Waals surface area contributed by atoms with Crippen molar-refractivity contribution in [3.8, 4) is 0 Å². The van der Waals surface area contributed by atoms with E-state index in [1.807, 2.05) is 18.2 Å². The van der Waals surface area contributed by atoms with E-state index >= 15 is 0 Å². The fourth-order valence-electron chi connectivity index (χ4n) is 4.41. The van der Waals surface area contributed by atoms with Gasteiger partial charge in [0.05, 0.1) is 21.8 Å². The number of benzene rings is 1. The Balaban J connectivity index is 1.32. The van der Waals surface area contributed by atoms with Gasteiger partial charge in [-0.15, -0.1) is 0 Å². The van der Waals surface area contributed by atoms with E-state index < -0.39 is 5.79 Å². The van der Waals surface area contributed by atoms with Crippen molar-refractivity contribution in [3.05, 3.63) is 63.6 Å². The monoisotopic (exact) mass is 516 g/mol. The molecule has 11 heteroatoms. The number of piperidine rings is 1. The van der Waals surface area contributed by atoms with Gasteiger partial charge in [-0.1, -0.05) is 34.8 Å². The molecule has 2 unspecified atom stereocenters. The topological polar surface area (TPSA) is 98.4 Å². The minimum absolute atomic E-state index is 0.136. The lowest BCUT2D eigenvalue weighted by molar-refractivity contribution is -0.196. The van der Waals surface area contributed by atoms with Gasteiger partial charge in [-0.05, 0) is 56.8 Å². The zero-order chi connectivity index (χ0) is 24.4. The van der Waals surface area contributed by atoms with Crippen LogP contribution in [0.25, 0.3) is 6.08 Å². The Bertz CT molecular complexity index is 1240. The highest BCUT2D eigenvalue weighted by Gasteiger charge is 2.35. The smallest absolute Gasteiger partial charge is 0.244 e. The van der Waals surface area contributed by atoms with E-state index in [-0.39, 0.29) is 12.6 Å². The number of methoxy groups -OCH3 is 1. The van der Waals surface area contributed by atoms with Gasteiger partial charge in [0.1, 0.15) is 18.8 Å². The van der Waals surface area contributed by atoms with Gasteiger partial charge in [0.15, 0.2) is 11.6 Å². The van der Waals surface area contributed by atoms with Crippen LogP contribution in [0.5, 0.6) is 0 Å². The van der Waals surface area contributed by atoms with E-state index in [2.05, 4.69) is 37.4 Å². The van der Waals surface area contributed by atoms with E-state index in [1.54, 1.807) is 19.2 Å². The van der Waals surface area contributed by atoms with E-state index in [1.165, 1.54) is 12.7 Å². The summed E-state index contributed by atoms with van der Waals surface area (Å²) < 4.78 is 17.6. The van der Waals surface area contributed by atoms with Crippen molar-refractivity contribution >= 4 is 40.8 Å². The van der Waals surface area contributed by atoms with Crippen molar-refractivity contribution in [1.29, 1.82) is 0 Å². The molecule has 1 N–H and O–H groups in total. The van der Waals surface area contributed by atoms with Crippen molar-refractivity contribution in [1.82, 2.24) is 25.0 Å². The molecule has 184 valence electrons. The number of nitrogens with zero attached hydrogens (tertiary/aromatic N) is 5. The molecule has 3 aromatic rings.